The van der Waals surface area contributed by atoms with Crippen LogP contribution in [0.2, 0.25) is 5.02 Å². The van der Waals surface area contributed by atoms with Gasteiger partial charge in [-0.3, -0.25) is 4.79 Å². The van der Waals surface area contributed by atoms with E-state index in [0.29, 0.717) is 0 Å². The number of anilines is 2. The molecular formula is C17H16ClF3N2OS. The summed E-state index contributed by atoms with van der Waals surface area (Å²) in [5.74, 6) is -0.236. The lowest BCUT2D eigenvalue weighted by Gasteiger charge is -2.42. The smallest absolute Gasteiger partial charge is 0.351 e. The van der Waals surface area contributed by atoms with Crippen LogP contribution in [0.5, 0.6) is 0 Å². The molecule has 1 aliphatic rings. The lowest BCUT2D eigenvalue weighted by molar-refractivity contribution is -0.171. The molecule has 0 aliphatic carbocycles. The Morgan fingerprint density at radius 3 is 2.60 bits per heavy atom. The second kappa shape index (κ2) is 6.29. The fourth-order valence-corrected chi connectivity index (χ4v) is 4.28. The number of hydrogen-bond acceptors (Lipinski definition) is 3. The van der Waals surface area contributed by atoms with Gasteiger partial charge in [-0.1, -0.05) is 25.4 Å². The molecule has 2 N–H and O–H groups in total. The molecule has 2 aromatic rings. The number of nitrogens with one attached hydrogen (secondary N) is 2. The predicted octanol–water partition coefficient (Wildman–Crippen LogP) is 5.08. The summed E-state index contributed by atoms with van der Waals surface area (Å²) >= 11 is 7.20. The van der Waals surface area contributed by atoms with Gasteiger partial charge in [0.05, 0.1) is 0 Å². The number of rotatable bonds is 3. The van der Waals surface area contributed by atoms with E-state index in [9.17, 15) is 18.0 Å². The van der Waals surface area contributed by atoms with Crippen molar-refractivity contribution >= 4 is 34.7 Å². The third-order valence-corrected chi connectivity index (χ3v) is 5.74. The molecule has 0 amide bonds. The van der Waals surface area contributed by atoms with E-state index in [2.05, 4.69) is 10.3 Å². The molecule has 134 valence electrons. The van der Waals surface area contributed by atoms with Crippen LogP contribution in [0.25, 0.3) is 0 Å². The average molecular weight is 389 g/mol. The van der Waals surface area contributed by atoms with Crippen molar-refractivity contribution in [1.29, 1.82) is 0 Å². The van der Waals surface area contributed by atoms with Gasteiger partial charge in [0.1, 0.15) is 11.1 Å². The minimum Gasteiger partial charge on any atom is -0.351 e. The number of aromatic nitrogens is 1. The highest BCUT2D eigenvalue weighted by atomic mass is 35.5. The number of halogens is 4. The van der Waals surface area contributed by atoms with Gasteiger partial charge in [0.25, 0.3) is 5.56 Å². The molecule has 1 aliphatic heterocycles. The van der Waals surface area contributed by atoms with Gasteiger partial charge in [0.2, 0.25) is 0 Å². The van der Waals surface area contributed by atoms with Crippen LogP contribution < -0.4 is 10.9 Å². The first-order valence-corrected chi connectivity index (χ1v) is 9.07. The fourth-order valence-electron chi connectivity index (χ4n) is 3.05. The number of fused-ring (bicyclic) bond motifs is 2. The van der Waals surface area contributed by atoms with Crippen LogP contribution in [0.1, 0.15) is 25.0 Å². The number of benzene rings is 1. The maximum atomic E-state index is 14.5. The highest BCUT2D eigenvalue weighted by Gasteiger charge is 2.60. The second-order valence-electron chi connectivity index (χ2n) is 6.17. The van der Waals surface area contributed by atoms with E-state index in [0.717, 1.165) is 0 Å². The molecule has 8 heteroatoms. The minimum atomic E-state index is -4.60. The van der Waals surface area contributed by atoms with Crippen LogP contribution in [0.4, 0.5) is 24.5 Å². The van der Waals surface area contributed by atoms with E-state index in [1.165, 1.54) is 42.2 Å². The Morgan fingerprint density at radius 1 is 1.24 bits per heavy atom. The molecule has 0 fully saturated rings. The van der Waals surface area contributed by atoms with Crippen LogP contribution in [-0.4, -0.2) is 22.2 Å². The van der Waals surface area contributed by atoms with Crippen molar-refractivity contribution in [2.24, 2.45) is 0 Å². The zero-order valence-electron chi connectivity index (χ0n) is 13.5. The van der Waals surface area contributed by atoms with Gasteiger partial charge in [0.15, 0.2) is 0 Å². The Balaban J connectivity index is 2.37. The molecular weight excluding hydrogens is 373 g/mol. The zero-order chi connectivity index (χ0) is 18.4. The summed E-state index contributed by atoms with van der Waals surface area (Å²) in [7, 11) is 0. The molecule has 1 atom stereocenters. The van der Waals surface area contributed by atoms with Crippen molar-refractivity contribution < 1.29 is 13.2 Å². The number of hydrogen-bond donors (Lipinski definition) is 2. The number of alkyl halides is 3. The molecule has 1 aromatic heterocycles. The maximum Gasteiger partial charge on any atom is 0.403 e. The predicted molar refractivity (Wildman–Crippen MR) is 96.2 cm³/mol. The van der Waals surface area contributed by atoms with Gasteiger partial charge >= 0.3 is 6.18 Å². The van der Waals surface area contributed by atoms with Crippen molar-refractivity contribution in [1.82, 2.24) is 4.98 Å². The molecule has 1 aromatic carbocycles. The van der Waals surface area contributed by atoms with Crippen molar-refractivity contribution in [3.63, 3.8) is 0 Å². The van der Waals surface area contributed by atoms with Crippen molar-refractivity contribution in [3.8, 4) is 0 Å². The third kappa shape index (κ3) is 2.93. The summed E-state index contributed by atoms with van der Waals surface area (Å²) in [4.78, 5) is 14.6. The minimum absolute atomic E-state index is 0.00203. The first kappa shape index (κ1) is 18.2. The highest BCUT2D eigenvalue weighted by Crippen LogP contribution is 2.55. The summed E-state index contributed by atoms with van der Waals surface area (Å²) in [6.07, 6.45) is -3.35. The van der Waals surface area contributed by atoms with Crippen LogP contribution >= 0.6 is 23.4 Å². The summed E-state index contributed by atoms with van der Waals surface area (Å²) in [5, 5.41) is 3.06. The summed E-state index contributed by atoms with van der Waals surface area (Å²) < 4.78 is 43.4. The van der Waals surface area contributed by atoms with E-state index < -0.39 is 17.2 Å². The Kier molecular flexibility index (Phi) is 4.58. The number of pyridine rings is 1. The van der Waals surface area contributed by atoms with Gasteiger partial charge in [-0.25, -0.2) is 0 Å². The van der Waals surface area contributed by atoms with Crippen molar-refractivity contribution in [2.75, 3.05) is 11.1 Å². The highest BCUT2D eigenvalue weighted by molar-refractivity contribution is 7.99. The molecule has 3 rings (SSSR count). The SMILES string of the molecule is CC(C)SCC1(C(F)(F)F)c2cc(Cl)ccc2Nc2c1cc[nH]c2=O. The third-order valence-electron chi connectivity index (χ3n) is 4.24. The molecule has 3 nitrogen and oxygen atoms in total. The number of thioether (sulfide) groups is 1. The van der Waals surface area contributed by atoms with Crippen LogP contribution in [0, 0.1) is 0 Å². The first-order chi connectivity index (χ1) is 11.7. The lowest BCUT2D eigenvalue weighted by Crippen LogP contribution is -2.49. The van der Waals surface area contributed by atoms with Crippen LogP contribution in [0.15, 0.2) is 35.3 Å². The van der Waals surface area contributed by atoms with Crippen LogP contribution in [-0.2, 0) is 5.41 Å². The Bertz CT molecular complexity index is 866. The molecule has 0 bridgehead atoms. The normalized spacial score (nSPS) is 19.3. The Hall–Kier alpha value is -1.60. The van der Waals surface area contributed by atoms with Gasteiger partial charge < -0.3 is 10.3 Å². The van der Waals surface area contributed by atoms with E-state index in [1.54, 1.807) is 0 Å². The fraction of sp³-hybridized carbons (Fsp3) is 0.353. The molecule has 0 saturated carbocycles. The molecule has 1 unspecified atom stereocenters. The van der Waals surface area contributed by atoms with Crippen molar-refractivity contribution in [3.05, 3.63) is 57.0 Å². The van der Waals surface area contributed by atoms with Gasteiger partial charge in [-0.2, -0.15) is 24.9 Å². The topological polar surface area (TPSA) is 44.9 Å². The van der Waals surface area contributed by atoms with Gasteiger partial charge in [-0.05, 0) is 35.1 Å². The Labute approximate surface area is 152 Å². The van der Waals surface area contributed by atoms with E-state index in [-0.39, 0.29) is 38.5 Å². The number of H-pyrrole nitrogens is 1. The standard InChI is InChI=1S/C17H16ClF3N2OS/c1-9(2)25-8-16(17(19,20)21)11-5-6-22-15(24)14(11)23-13-4-3-10(18)7-12(13)16/h3-7,9,23H,8H2,1-2H3,(H,22,24). The summed E-state index contributed by atoms with van der Waals surface area (Å²) in [6.45, 7) is 3.68. The molecule has 0 radical (unpaired) electrons. The van der Waals surface area contributed by atoms with Crippen molar-refractivity contribution in [2.45, 2.75) is 30.7 Å². The Morgan fingerprint density at radius 2 is 1.96 bits per heavy atom. The maximum absolute atomic E-state index is 14.5. The van der Waals surface area contributed by atoms with Gasteiger partial charge in [-0.15, -0.1) is 0 Å². The second-order valence-corrected chi connectivity index (χ2v) is 8.17. The van der Waals surface area contributed by atoms with E-state index in [1.807, 2.05) is 13.8 Å². The summed E-state index contributed by atoms with van der Waals surface area (Å²) in [6, 6.07) is 5.64. The molecule has 0 saturated heterocycles. The number of aromatic amines is 1. The molecule has 0 spiro atoms. The summed E-state index contributed by atoms with van der Waals surface area (Å²) in [5.41, 5.74) is -2.75. The lowest BCUT2D eigenvalue weighted by atomic mass is 9.72. The van der Waals surface area contributed by atoms with Gasteiger partial charge in [0, 0.05) is 28.2 Å². The van der Waals surface area contributed by atoms with E-state index >= 15 is 0 Å². The van der Waals surface area contributed by atoms with Crippen LogP contribution in [0.3, 0.4) is 0 Å². The monoisotopic (exact) mass is 388 g/mol. The van der Waals surface area contributed by atoms with E-state index in [4.69, 9.17) is 11.6 Å². The first-order valence-electron chi connectivity index (χ1n) is 7.64. The average Bonchev–Trinajstić information content (AvgIpc) is 2.51. The quantitative estimate of drug-likeness (QED) is 0.771. The molecule has 25 heavy (non-hydrogen) atoms. The largest absolute Gasteiger partial charge is 0.403 e. The zero-order valence-corrected chi connectivity index (χ0v) is 15.1. The molecule has 2 heterocycles.